The Bertz CT molecular complexity index is 221. The standard InChI is InChI=1S/C13H27N3.HI/c1-11(2)5-8-15-13(14-4)16-9-6-12(3)7-10-16;/h11-12H,5-10H2,1-4H3,(H,14,15);1H. The first-order chi connectivity index (χ1) is 7.63. The van der Waals surface area contributed by atoms with E-state index in [1.54, 1.807) is 0 Å². The zero-order valence-corrected chi connectivity index (χ0v) is 14.0. The van der Waals surface area contributed by atoms with E-state index in [-0.39, 0.29) is 24.0 Å². The maximum absolute atomic E-state index is 4.37. The third kappa shape index (κ3) is 6.48. The first-order valence-corrected chi connectivity index (χ1v) is 6.59. The van der Waals surface area contributed by atoms with Gasteiger partial charge in [-0.15, -0.1) is 24.0 Å². The van der Waals surface area contributed by atoms with E-state index in [2.05, 4.69) is 36.0 Å². The van der Waals surface area contributed by atoms with Crippen molar-refractivity contribution in [2.75, 3.05) is 26.7 Å². The Kier molecular flexibility index (Phi) is 9.00. The van der Waals surface area contributed by atoms with Crippen molar-refractivity contribution in [3.63, 3.8) is 0 Å². The number of halogens is 1. The Labute approximate surface area is 123 Å². The Morgan fingerprint density at radius 2 is 1.94 bits per heavy atom. The molecule has 1 heterocycles. The molecule has 0 aromatic carbocycles. The minimum absolute atomic E-state index is 0. The Hall–Kier alpha value is 0. The number of hydrogen-bond acceptors (Lipinski definition) is 1. The van der Waals surface area contributed by atoms with Crippen LogP contribution in [0, 0.1) is 11.8 Å². The summed E-state index contributed by atoms with van der Waals surface area (Å²) in [4.78, 5) is 6.75. The van der Waals surface area contributed by atoms with Gasteiger partial charge in [0.2, 0.25) is 0 Å². The lowest BCUT2D eigenvalue weighted by molar-refractivity contribution is 0.273. The predicted molar refractivity (Wildman–Crippen MR) is 86.2 cm³/mol. The van der Waals surface area contributed by atoms with Gasteiger partial charge < -0.3 is 10.2 Å². The van der Waals surface area contributed by atoms with Crippen LogP contribution in [0.15, 0.2) is 4.99 Å². The van der Waals surface area contributed by atoms with Crippen LogP contribution in [0.2, 0.25) is 0 Å². The molecule has 102 valence electrons. The number of guanidine groups is 1. The summed E-state index contributed by atoms with van der Waals surface area (Å²) in [6.07, 6.45) is 3.80. The van der Waals surface area contributed by atoms with Crippen molar-refractivity contribution in [1.82, 2.24) is 10.2 Å². The number of piperidine rings is 1. The molecule has 0 radical (unpaired) electrons. The van der Waals surface area contributed by atoms with Gasteiger partial charge in [-0.2, -0.15) is 0 Å². The van der Waals surface area contributed by atoms with Crippen LogP contribution in [0.1, 0.15) is 40.0 Å². The van der Waals surface area contributed by atoms with Crippen molar-refractivity contribution in [3.8, 4) is 0 Å². The van der Waals surface area contributed by atoms with E-state index in [0.29, 0.717) is 0 Å². The van der Waals surface area contributed by atoms with Gasteiger partial charge in [0.05, 0.1) is 0 Å². The SMILES string of the molecule is CN=C(NCCC(C)C)N1CCC(C)CC1.I. The summed E-state index contributed by atoms with van der Waals surface area (Å²) in [7, 11) is 1.88. The fourth-order valence-electron chi connectivity index (χ4n) is 2.03. The summed E-state index contributed by atoms with van der Waals surface area (Å²) in [5, 5.41) is 3.46. The van der Waals surface area contributed by atoms with Gasteiger partial charge in [0.1, 0.15) is 0 Å². The molecule has 1 rings (SSSR count). The highest BCUT2D eigenvalue weighted by Crippen LogP contribution is 2.15. The largest absolute Gasteiger partial charge is 0.356 e. The molecule has 3 nitrogen and oxygen atoms in total. The second-order valence-electron chi connectivity index (χ2n) is 5.33. The molecule has 1 aliphatic heterocycles. The molecule has 1 saturated heterocycles. The molecule has 0 bridgehead atoms. The molecule has 0 unspecified atom stereocenters. The molecule has 0 saturated carbocycles. The van der Waals surface area contributed by atoms with Crippen molar-refractivity contribution in [3.05, 3.63) is 0 Å². The minimum atomic E-state index is 0. The maximum Gasteiger partial charge on any atom is 0.193 e. The van der Waals surface area contributed by atoms with Crippen LogP contribution >= 0.6 is 24.0 Å². The molecule has 0 spiro atoms. The van der Waals surface area contributed by atoms with Crippen LogP contribution in [0.3, 0.4) is 0 Å². The number of nitrogens with one attached hydrogen (secondary N) is 1. The maximum atomic E-state index is 4.37. The van der Waals surface area contributed by atoms with Crippen LogP contribution in [0.4, 0.5) is 0 Å². The van der Waals surface area contributed by atoms with Crippen LogP contribution in [0.5, 0.6) is 0 Å². The van der Waals surface area contributed by atoms with Gasteiger partial charge in [-0.05, 0) is 31.1 Å². The molecule has 0 atom stereocenters. The number of aliphatic imine (C=N–C) groups is 1. The van der Waals surface area contributed by atoms with E-state index in [0.717, 1.165) is 37.4 Å². The van der Waals surface area contributed by atoms with Crippen molar-refractivity contribution in [2.24, 2.45) is 16.8 Å². The molecule has 17 heavy (non-hydrogen) atoms. The first-order valence-electron chi connectivity index (χ1n) is 6.59. The van der Waals surface area contributed by atoms with Crippen LogP contribution in [-0.2, 0) is 0 Å². The third-order valence-corrected chi connectivity index (χ3v) is 3.30. The quantitative estimate of drug-likeness (QED) is 0.480. The van der Waals surface area contributed by atoms with E-state index in [4.69, 9.17) is 0 Å². The summed E-state index contributed by atoms with van der Waals surface area (Å²) in [6.45, 7) is 10.2. The molecule has 1 fully saturated rings. The molecule has 1 aliphatic rings. The third-order valence-electron chi connectivity index (χ3n) is 3.30. The van der Waals surface area contributed by atoms with E-state index >= 15 is 0 Å². The molecule has 0 amide bonds. The lowest BCUT2D eigenvalue weighted by Crippen LogP contribution is -2.45. The molecular formula is C13H28IN3. The van der Waals surface area contributed by atoms with E-state index in [1.807, 2.05) is 7.05 Å². The zero-order chi connectivity index (χ0) is 12.0. The van der Waals surface area contributed by atoms with Crippen molar-refractivity contribution >= 4 is 29.9 Å². The van der Waals surface area contributed by atoms with E-state index in [9.17, 15) is 0 Å². The number of nitrogens with zero attached hydrogens (tertiary/aromatic N) is 2. The predicted octanol–water partition coefficient (Wildman–Crippen LogP) is 2.96. The topological polar surface area (TPSA) is 27.6 Å². The highest BCUT2D eigenvalue weighted by atomic mass is 127. The lowest BCUT2D eigenvalue weighted by atomic mass is 9.99. The van der Waals surface area contributed by atoms with Gasteiger partial charge >= 0.3 is 0 Å². The van der Waals surface area contributed by atoms with E-state index in [1.165, 1.54) is 19.3 Å². The van der Waals surface area contributed by atoms with Gasteiger partial charge in [0.25, 0.3) is 0 Å². The molecule has 0 aliphatic carbocycles. The Morgan fingerprint density at radius 1 is 1.35 bits per heavy atom. The molecule has 0 aromatic heterocycles. The number of hydrogen-bond donors (Lipinski definition) is 1. The molecule has 4 heteroatoms. The summed E-state index contributed by atoms with van der Waals surface area (Å²) < 4.78 is 0. The average molecular weight is 353 g/mol. The molecular weight excluding hydrogens is 325 g/mol. The summed E-state index contributed by atoms with van der Waals surface area (Å²) in [5.41, 5.74) is 0. The summed E-state index contributed by atoms with van der Waals surface area (Å²) in [5.74, 6) is 2.73. The van der Waals surface area contributed by atoms with Crippen molar-refractivity contribution in [1.29, 1.82) is 0 Å². The first kappa shape index (κ1) is 17.0. The molecule has 0 aromatic rings. The lowest BCUT2D eigenvalue weighted by Gasteiger charge is -2.33. The number of likely N-dealkylation sites (tertiary alicyclic amines) is 1. The van der Waals surface area contributed by atoms with Gasteiger partial charge in [-0.1, -0.05) is 20.8 Å². The molecule has 1 N–H and O–H groups in total. The second kappa shape index (κ2) is 9.00. The fraction of sp³-hybridized carbons (Fsp3) is 0.923. The summed E-state index contributed by atoms with van der Waals surface area (Å²) in [6, 6.07) is 0. The second-order valence-corrected chi connectivity index (χ2v) is 5.33. The van der Waals surface area contributed by atoms with Crippen molar-refractivity contribution in [2.45, 2.75) is 40.0 Å². The van der Waals surface area contributed by atoms with Crippen molar-refractivity contribution < 1.29 is 0 Å². The average Bonchev–Trinajstić information content (AvgIpc) is 2.26. The minimum Gasteiger partial charge on any atom is -0.356 e. The monoisotopic (exact) mass is 353 g/mol. The fourth-order valence-corrected chi connectivity index (χ4v) is 2.03. The summed E-state index contributed by atoms with van der Waals surface area (Å²) >= 11 is 0. The zero-order valence-electron chi connectivity index (χ0n) is 11.7. The van der Waals surface area contributed by atoms with Gasteiger partial charge in [0, 0.05) is 26.7 Å². The van der Waals surface area contributed by atoms with Crippen LogP contribution in [0.25, 0.3) is 0 Å². The Balaban J connectivity index is 0.00000256. The number of rotatable bonds is 3. The van der Waals surface area contributed by atoms with Gasteiger partial charge in [0.15, 0.2) is 5.96 Å². The van der Waals surface area contributed by atoms with Crippen LogP contribution in [-0.4, -0.2) is 37.5 Å². The van der Waals surface area contributed by atoms with Crippen LogP contribution < -0.4 is 5.32 Å². The Morgan fingerprint density at radius 3 is 2.41 bits per heavy atom. The highest BCUT2D eigenvalue weighted by Gasteiger charge is 2.18. The van der Waals surface area contributed by atoms with E-state index < -0.39 is 0 Å². The highest BCUT2D eigenvalue weighted by molar-refractivity contribution is 14.0. The normalized spacial score (nSPS) is 18.2. The van der Waals surface area contributed by atoms with Gasteiger partial charge in [-0.3, -0.25) is 4.99 Å². The smallest absolute Gasteiger partial charge is 0.193 e. The van der Waals surface area contributed by atoms with Gasteiger partial charge in [-0.25, -0.2) is 0 Å².